The molecule has 1 aromatic rings. The fraction of sp³-hybridized carbons (Fsp3) is 0.583. The maximum atomic E-state index is 11.5. The van der Waals surface area contributed by atoms with Crippen LogP contribution in [0, 0.1) is 6.92 Å². The van der Waals surface area contributed by atoms with Crippen LogP contribution in [0.4, 0.5) is 0 Å². The standard InChI is InChI=1S/C12H19NO2S/c1-8(14)4-7-12(15)13-10(3)11-6-5-9(2)16-11/h5-6,8,10,14H,4,7H2,1-3H3,(H,13,15). The average molecular weight is 241 g/mol. The Morgan fingerprint density at radius 3 is 2.69 bits per heavy atom. The van der Waals surface area contributed by atoms with E-state index in [1.807, 2.05) is 13.0 Å². The summed E-state index contributed by atoms with van der Waals surface area (Å²) in [5, 5.41) is 12.0. The molecule has 1 heterocycles. The molecule has 3 nitrogen and oxygen atoms in total. The van der Waals surface area contributed by atoms with E-state index in [2.05, 4.69) is 18.3 Å². The molecule has 16 heavy (non-hydrogen) atoms. The largest absolute Gasteiger partial charge is 0.393 e. The lowest BCUT2D eigenvalue weighted by Crippen LogP contribution is -2.26. The van der Waals surface area contributed by atoms with Gasteiger partial charge in [0.15, 0.2) is 0 Å². The first-order valence-corrected chi connectivity index (χ1v) is 6.34. The Balaban J connectivity index is 2.39. The van der Waals surface area contributed by atoms with E-state index in [-0.39, 0.29) is 11.9 Å². The molecule has 0 aliphatic heterocycles. The van der Waals surface area contributed by atoms with E-state index in [4.69, 9.17) is 5.11 Å². The maximum Gasteiger partial charge on any atom is 0.220 e. The van der Waals surface area contributed by atoms with Gasteiger partial charge in [0.2, 0.25) is 5.91 Å². The maximum absolute atomic E-state index is 11.5. The zero-order valence-electron chi connectivity index (χ0n) is 9.99. The van der Waals surface area contributed by atoms with Crippen molar-refractivity contribution in [2.75, 3.05) is 0 Å². The SMILES string of the molecule is Cc1ccc(C(C)NC(=O)CCC(C)O)s1. The van der Waals surface area contributed by atoms with Crippen molar-refractivity contribution < 1.29 is 9.90 Å². The lowest BCUT2D eigenvalue weighted by atomic mass is 10.2. The molecule has 0 radical (unpaired) electrons. The fourth-order valence-electron chi connectivity index (χ4n) is 1.41. The minimum absolute atomic E-state index is 0.000506. The van der Waals surface area contributed by atoms with Gasteiger partial charge in [-0.15, -0.1) is 11.3 Å². The van der Waals surface area contributed by atoms with Gasteiger partial charge in [-0.05, 0) is 39.3 Å². The van der Waals surface area contributed by atoms with Crippen LogP contribution in [0.15, 0.2) is 12.1 Å². The summed E-state index contributed by atoms with van der Waals surface area (Å²) in [6.45, 7) is 5.72. The monoisotopic (exact) mass is 241 g/mol. The summed E-state index contributed by atoms with van der Waals surface area (Å²) in [5.41, 5.74) is 0. The van der Waals surface area contributed by atoms with E-state index in [1.54, 1.807) is 18.3 Å². The third-order valence-electron chi connectivity index (χ3n) is 2.35. The minimum atomic E-state index is -0.412. The molecule has 0 aromatic carbocycles. The molecule has 4 heteroatoms. The molecule has 0 saturated heterocycles. The summed E-state index contributed by atoms with van der Waals surface area (Å²) in [4.78, 5) is 13.9. The number of amides is 1. The highest BCUT2D eigenvalue weighted by molar-refractivity contribution is 7.12. The number of nitrogens with one attached hydrogen (secondary N) is 1. The minimum Gasteiger partial charge on any atom is -0.393 e. The number of rotatable bonds is 5. The van der Waals surface area contributed by atoms with Crippen molar-refractivity contribution >= 4 is 17.2 Å². The molecule has 2 atom stereocenters. The quantitative estimate of drug-likeness (QED) is 0.831. The van der Waals surface area contributed by atoms with Crippen LogP contribution in [-0.4, -0.2) is 17.1 Å². The number of hydrogen-bond donors (Lipinski definition) is 2. The molecule has 1 aromatic heterocycles. The van der Waals surface area contributed by atoms with E-state index in [9.17, 15) is 4.79 Å². The lowest BCUT2D eigenvalue weighted by molar-refractivity contribution is -0.122. The Hall–Kier alpha value is -0.870. The van der Waals surface area contributed by atoms with Crippen LogP contribution in [0.25, 0.3) is 0 Å². The smallest absolute Gasteiger partial charge is 0.220 e. The molecular formula is C12H19NO2S. The molecule has 0 bridgehead atoms. The predicted octanol–water partition coefficient (Wildman–Crippen LogP) is 2.39. The number of hydrogen-bond acceptors (Lipinski definition) is 3. The Morgan fingerprint density at radius 2 is 2.19 bits per heavy atom. The molecule has 90 valence electrons. The van der Waals surface area contributed by atoms with Crippen LogP contribution in [0.5, 0.6) is 0 Å². The van der Waals surface area contributed by atoms with Crippen molar-refractivity contribution in [2.24, 2.45) is 0 Å². The lowest BCUT2D eigenvalue weighted by Gasteiger charge is -2.12. The number of aliphatic hydroxyl groups excluding tert-OH is 1. The normalized spacial score (nSPS) is 14.5. The van der Waals surface area contributed by atoms with Crippen LogP contribution in [0.1, 0.15) is 42.5 Å². The number of carbonyl (C=O) groups excluding carboxylic acids is 1. The van der Waals surface area contributed by atoms with Crippen molar-refractivity contribution in [1.29, 1.82) is 0 Å². The predicted molar refractivity (Wildman–Crippen MR) is 66.5 cm³/mol. The molecule has 2 N–H and O–H groups in total. The van der Waals surface area contributed by atoms with Gasteiger partial charge in [0.25, 0.3) is 0 Å². The van der Waals surface area contributed by atoms with Crippen LogP contribution in [-0.2, 0) is 4.79 Å². The van der Waals surface area contributed by atoms with Crippen molar-refractivity contribution in [3.8, 4) is 0 Å². The highest BCUT2D eigenvalue weighted by atomic mass is 32.1. The van der Waals surface area contributed by atoms with Crippen LogP contribution >= 0.6 is 11.3 Å². The van der Waals surface area contributed by atoms with E-state index in [0.29, 0.717) is 12.8 Å². The van der Waals surface area contributed by atoms with Gasteiger partial charge in [0, 0.05) is 16.2 Å². The first kappa shape index (κ1) is 13.2. The summed E-state index contributed by atoms with van der Waals surface area (Å²) in [7, 11) is 0. The third kappa shape index (κ3) is 4.33. The van der Waals surface area contributed by atoms with Gasteiger partial charge in [-0.2, -0.15) is 0 Å². The molecule has 0 fully saturated rings. The summed E-state index contributed by atoms with van der Waals surface area (Å²) in [5.74, 6) is -0.000506. The Kier molecular flexibility index (Phi) is 4.96. The molecular weight excluding hydrogens is 222 g/mol. The first-order valence-electron chi connectivity index (χ1n) is 5.53. The molecule has 0 aliphatic carbocycles. The molecule has 2 unspecified atom stereocenters. The molecule has 0 aliphatic rings. The topological polar surface area (TPSA) is 49.3 Å². The highest BCUT2D eigenvalue weighted by Gasteiger charge is 2.11. The summed E-state index contributed by atoms with van der Waals surface area (Å²) >= 11 is 1.70. The molecule has 1 rings (SSSR count). The van der Waals surface area contributed by atoms with Crippen LogP contribution < -0.4 is 5.32 Å². The van der Waals surface area contributed by atoms with Gasteiger partial charge in [-0.1, -0.05) is 0 Å². The molecule has 1 amide bonds. The van der Waals surface area contributed by atoms with Gasteiger partial charge in [0.1, 0.15) is 0 Å². The number of thiophene rings is 1. The Bertz CT molecular complexity index is 347. The highest BCUT2D eigenvalue weighted by Crippen LogP contribution is 2.22. The van der Waals surface area contributed by atoms with Gasteiger partial charge in [-0.3, -0.25) is 4.79 Å². The average Bonchev–Trinajstić information content (AvgIpc) is 2.62. The Morgan fingerprint density at radius 1 is 1.50 bits per heavy atom. The fourth-order valence-corrected chi connectivity index (χ4v) is 2.29. The van der Waals surface area contributed by atoms with Crippen molar-refractivity contribution in [3.63, 3.8) is 0 Å². The van der Waals surface area contributed by atoms with E-state index in [1.165, 1.54) is 9.75 Å². The van der Waals surface area contributed by atoms with Gasteiger partial charge < -0.3 is 10.4 Å². The number of aliphatic hydroxyl groups is 1. The van der Waals surface area contributed by atoms with Crippen LogP contribution in [0.3, 0.4) is 0 Å². The number of aryl methyl sites for hydroxylation is 1. The zero-order valence-corrected chi connectivity index (χ0v) is 10.8. The zero-order chi connectivity index (χ0) is 12.1. The second-order valence-corrected chi connectivity index (χ2v) is 5.44. The van der Waals surface area contributed by atoms with E-state index >= 15 is 0 Å². The van der Waals surface area contributed by atoms with E-state index in [0.717, 1.165) is 0 Å². The second-order valence-electron chi connectivity index (χ2n) is 4.13. The molecule has 0 spiro atoms. The van der Waals surface area contributed by atoms with E-state index < -0.39 is 6.10 Å². The first-order chi connectivity index (χ1) is 7.49. The van der Waals surface area contributed by atoms with Gasteiger partial charge >= 0.3 is 0 Å². The van der Waals surface area contributed by atoms with Crippen molar-refractivity contribution in [3.05, 3.63) is 21.9 Å². The summed E-state index contributed by atoms with van der Waals surface area (Å²) < 4.78 is 0. The summed E-state index contributed by atoms with van der Waals surface area (Å²) in [6, 6.07) is 4.15. The summed E-state index contributed by atoms with van der Waals surface area (Å²) in [6.07, 6.45) is 0.485. The van der Waals surface area contributed by atoms with Crippen molar-refractivity contribution in [1.82, 2.24) is 5.32 Å². The van der Waals surface area contributed by atoms with Gasteiger partial charge in [0.05, 0.1) is 12.1 Å². The number of carbonyl (C=O) groups is 1. The Labute approximate surface area is 100 Å². The third-order valence-corrected chi connectivity index (χ3v) is 3.54. The second kappa shape index (κ2) is 6.01. The molecule has 0 saturated carbocycles. The van der Waals surface area contributed by atoms with Gasteiger partial charge in [-0.25, -0.2) is 0 Å². The van der Waals surface area contributed by atoms with Crippen LogP contribution in [0.2, 0.25) is 0 Å². The van der Waals surface area contributed by atoms with Crippen molar-refractivity contribution in [2.45, 2.75) is 45.8 Å².